The maximum absolute atomic E-state index is 12.2. The first-order valence-electron chi connectivity index (χ1n) is 7.32. The number of rotatable bonds is 3. The van der Waals surface area contributed by atoms with Crippen molar-refractivity contribution >= 4 is 22.9 Å². The van der Waals surface area contributed by atoms with E-state index >= 15 is 0 Å². The van der Waals surface area contributed by atoms with E-state index in [0.29, 0.717) is 6.54 Å². The number of fused-ring (bicyclic) bond motifs is 1. The summed E-state index contributed by atoms with van der Waals surface area (Å²) in [7, 11) is 0. The number of aromatic nitrogens is 1. The molecule has 2 heterocycles. The Kier molecular flexibility index (Phi) is 3.97. The van der Waals surface area contributed by atoms with Gasteiger partial charge in [-0.1, -0.05) is 24.3 Å². The molecule has 0 spiro atoms. The van der Waals surface area contributed by atoms with Gasteiger partial charge in [0.25, 0.3) is 0 Å². The number of pyridine rings is 1. The zero-order valence-electron chi connectivity index (χ0n) is 11.9. The maximum Gasteiger partial charge on any atom is 0.246 e. The number of nitrogens with zero attached hydrogens (tertiary/aromatic N) is 2. The van der Waals surface area contributed by atoms with Crippen molar-refractivity contribution in [1.29, 1.82) is 0 Å². The minimum atomic E-state index is 0.0258. The predicted octanol–water partition coefficient (Wildman–Crippen LogP) is 2.20. The van der Waals surface area contributed by atoms with E-state index in [4.69, 9.17) is 5.73 Å². The fourth-order valence-electron chi connectivity index (χ4n) is 2.80. The second-order valence-electron chi connectivity index (χ2n) is 5.33. The summed E-state index contributed by atoms with van der Waals surface area (Å²) in [6.07, 6.45) is 5.42. The van der Waals surface area contributed by atoms with Gasteiger partial charge >= 0.3 is 0 Å². The van der Waals surface area contributed by atoms with E-state index in [1.807, 2.05) is 41.3 Å². The number of likely N-dealkylation sites (tertiary alicyclic amines) is 1. The topological polar surface area (TPSA) is 59.2 Å². The van der Waals surface area contributed by atoms with Crippen LogP contribution in [-0.4, -0.2) is 34.9 Å². The van der Waals surface area contributed by atoms with Crippen molar-refractivity contribution < 1.29 is 4.79 Å². The van der Waals surface area contributed by atoms with Gasteiger partial charge in [0, 0.05) is 30.6 Å². The van der Waals surface area contributed by atoms with Crippen LogP contribution in [0.2, 0.25) is 0 Å². The monoisotopic (exact) mass is 281 g/mol. The lowest BCUT2D eigenvalue weighted by atomic mass is 10.2. The Morgan fingerprint density at radius 2 is 2.19 bits per heavy atom. The smallest absolute Gasteiger partial charge is 0.246 e. The molecule has 2 aromatic rings. The Morgan fingerprint density at radius 1 is 1.33 bits per heavy atom. The molecule has 2 N–H and O–H groups in total. The lowest BCUT2D eigenvalue weighted by Crippen LogP contribution is -2.38. The SMILES string of the molecule is NCC1CCCN1C(=O)/C=C/c1ccc2ccccc2n1. The van der Waals surface area contributed by atoms with Crippen molar-refractivity contribution in [2.24, 2.45) is 5.73 Å². The third kappa shape index (κ3) is 2.95. The van der Waals surface area contributed by atoms with E-state index in [1.165, 1.54) is 0 Å². The minimum absolute atomic E-state index is 0.0258. The number of para-hydroxylation sites is 1. The fourth-order valence-corrected chi connectivity index (χ4v) is 2.80. The summed E-state index contributed by atoms with van der Waals surface area (Å²) in [5.74, 6) is 0.0258. The molecule has 108 valence electrons. The van der Waals surface area contributed by atoms with Gasteiger partial charge in [-0.25, -0.2) is 4.98 Å². The molecule has 4 heteroatoms. The van der Waals surface area contributed by atoms with Gasteiger partial charge in [-0.15, -0.1) is 0 Å². The molecular weight excluding hydrogens is 262 g/mol. The summed E-state index contributed by atoms with van der Waals surface area (Å²) in [6.45, 7) is 1.34. The zero-order chi connectivity index (χ0) is 14.7. The Morgan fingerprint density at radius 3 is 3.05 bits per heavy atom. The summed E-state index contributed by atoms with van der Waals surface area (Å²) >= 11 is 0. The molecule has 1 aromatic carbocycles. The predicted molar refractivity (Wildman–Crippen MR) is 84.6 cm³/mol. The summed E-state index contributed by atoms with van der Waals surface area (Å²) in [5.41, 5.74) is 7.44. The van der Waals surface area contributed by atoms with Crippen LogP contribution in [0.25, 0.3) is 17.0 Å². The molecule has 1 aliphatic rings. The molecule has 3 rings (SSSR count). The van der Waals surface area contributed by atoms with Crippen molar-refractivity contribution in [2.45, 2.75) is 18.9 Å². The van der Waals surface area contributed by atoms with Crippen LogP contribution in [0.15, 0.2) is 42.5 Å². The number of carbonyl (C=O) groups is 1. The number of carbonyl (C=O) groups excluding carboxylic acids is 1. The molecule has 1 unspecified atom stereocenters. The molecular formula is C17H19N3O. The van der Waals surface area contributed by atoms with E-state index in [-0.39, 0.29) is 11.9 Å². The second-order valence-corrected chi connectivity index (χ2v) is 5.33. The summed E-state index contributed by atoms with van der Waals surface area (Å²) < 4.78 is 0. The van der Waals surface area contributed by atoms with Crippen LogP contribution in [0.3, 0.4) is 0 Å². The Balaban J connectivity index is 1.76. The molecule has 4 nitrogen and oxygen atoms in total. The van der Waals surface area contributed by atoms with Crippen molar-refractivity contribution in [3.05, 3.63) is 48.2 Å². The van der Waals surface area contributed by atoms with Gasteiger partial charge in [0.05, 0.1) is 11.2 Å². The summed E-state index contributed by atoms with van der Waals surface area (Å²) in [5, 5.41) is 1.10. The molecule has 0 radical (unpaired) electrons. The molecule has 0 bridgehead atoms. The van der Waals surface area contributed by atoms with Gasteiger partial charge in [0.15, 0.2) is 0 Å². The Labute approximate surface area is 124 Å². The quantitative estimate of drug-likeness (QED) is 0.877. The second kappa shape index (κ2) is 6.06. The van der Waals surface area contributed by atoms with Crippen LogP contribution in [-0.2, 0) is 4.79 Å². The molecule has 1 aliphatic heterocycles. The summed E-state index contributed by atoms with van der Waals surface area (Å²) in [4.78, 5) is 18.6. The van der Waals surface area contributed by atoms with Crippen molar-refractivity contribution in [1.82, 2.24) is 9.88 Å². The molecule has 1 aromatic heterocycles. The zero-order valence-corrected chi connectivity index (χ0v) is 11.9. The molecule has 1 amide bonds. The summed E-state index contributed by atoms with van der Waals surface area (Å²) in [6, 6.07) is 12.1. The molecule has 1 saturated heterocycles. The van der Waals surface area contributed by atoms with E-state index in [1.54, 1.807) is 12.2 Å². The van der Waals surface area contributed by atoms with Crippen molar-refractivity contribution in [3.63, 3.8) is 0 Å². The average molecular weight is 281 g/mol. The van der Waals surface area contributed by atoms with Gasteiger partial charge in [0.1, 0.15) is 0 Å². The minimum Gasteiger partial charge on any atom is -0.335 e. The van der Waals surface area contributed by atoms with Crippen LogP contribution in [0.5, 0.6) is 0 Å². The number of nitrogens with two attached hydrogens (primary N) is 1. The third-order valence-corrected chi connectivity index (χ3v) is 3.95. The molecule has 0 aliphatic carbocycles. The molecule has 0 saturated carbocycles. The standard InChI is InChI=1S/C17H19N3O/c18-12-15-5-3-11-20(15)17(21)10-9-14-8-7-13-4-1-2-6-16(13)19-14/h1-2,4,6-10,15H,3,5,11-12,18H2/b10-9+. The highest BCUT2D eigenvalue weighted by Gasteiger charge is 2.25. The van der Waals surface area contributed by atoms with Gasteiger partial charge in [0.2, 0.25) is 5.91 Å². The largest absolute Gasteiger partial charge is 0.335 e. The molecule has 1 atom stereocenters. The normalized spacial score (nSPS) is 18.7. The van der Waals surface area contributed by atoms with Crippen LogP contribution in [0.4, 0.5) is 0 Å². The average Bonchev–Trinajstić information content (AvgIpc) is 3.01. The highest BCUT2D eigenvalue weighted by Crippen LogP contribution is 2.17. The Bertz CT molecular complexity index is 681. The van der Waals surface area contributed by atoms with Crippen LogP contribution in [0, 0.1) is 0 Å². The third-order valence-electron chi connectivity index (χ3n) is 3.95. The lowest BCUT2D eigenvalue weighted by molar-refractivity contribution is -0.126. The lowest BCUT2D eigenvalue weighted by Gasteiger charge is -2.21. The van der Waals surface area contributed by atoms with Crippen molar-refractivity contribution in [2.75, 3.05) is 13.1 Å². The first kappa shape index (κ1) is 13.8. The highest BCUT2D eigenvalue weighted by molar-refractivity contribution is 5.92. The van der Waals surface area contributed by atoms with Crippen molar-refractivity contribution in [3.8, 4) is 0 Å². The molecule has 1 fully saturated rings. The van der Waals surface area contributed by atoms with Gasteiger partial charge in [-0.3, -0.25) is 4.79 Å². The van der Waals surface area contributed by atoms with Crippen LogP contribution in [0.1, 0.15) is 18.5 Å². The van der Waals surface area contributed by atoms with Gasteiger partial charge < -0.3 is 10.6 Å². The van der Waals surface area contributed by atoms with Crippen LogP contribution >= 0.6 is 0 Å². The van der Waals surface area contributed by atoms with Gasteiger partial charge in [-0.2, -0.15) is 0 Å². The maximum atomic E-state index is 12.2. The fraction of sp³-hybridized carbons (Fsp3) is 0.294. The highest BCUT2D eigenvalue weighted by atomic mass is 16.2. The van der Waals surface area contributed by atoms with E-state index < -0.39 is 0 Å². The van der Waals surface area contributed by atoms with E-state index in [0.717, 1.165) is 36.0 Å². The Hall–Kier alpha value is -2.20. The number of amides is 1. The number of hydrogen-bond donors (Lipinski definition) is 1. The van der Waals surface area contributed by atoms with E-state index in [9.17, 15) is 4.79 Å². The first-order valence-corrected chi connectivity index (χ1v) is 7.32. The first-order chi connectivity index (χ1) is 10.3. The van der Waals surface area contributed by atoms with E-state index in [2.05, 4.69) is 4.98 Å². The van der Waals surface area contributed by atoms with Crippen LogP contribution < -0.4 is 5.73 Å². The number of benzene rings is 1. The molecule has 21 heavy (non-hydrogen) atoms. The number of hydrogen-bond acceptors (Lipinski definition) is 3. The van der Waals surface area contributed by atoms with Gasteiger partial charge in [-0.05, 0) is 31.1 Å².